The Bertz CT molecular complexity index is 871. The molecule has 0 saturated heterocycles. The fourth-order valence-corrected chi connectivity index (χ4v) is 3.18. The largest absolute Gasteiger partial charge is 0.399 e. The number of nitrogen functional groups attached to an aromatic ring is 1. The fraction of sp³-hybridized carbons (Fsp3) is 0. The molecule has 2 aromatic heterocycles. The average molecular weight is 288 g/mol. The normalized spacial score (nSPS) is 11.6. The van der Waals surface area contributed by atoms with Gasteiger partial charge in [0.15, 0.2) is 0 Å². The summed E-state index contributed by atoms with van der Waals surface area (Å²) in [5, 5.41) is 0.545. The Morgan fingerprint density at radius 1 is 1.20 bits per heavy atom. The average Bonchev–Trinajstić information content (AvgIpc) is 2.82. The van der Waals surface area contributed by atoms with Crippen LogP contribution in [0.4, 0.5) is 11.4 Å². The Kier molecular flexibility index (Phi) is 2.83. The second kappa shape index (κ2) is 4.53. The van der Waals surface area contributed by atoms with E-state index < -0.39 is 10.0 Å². The predicted molar refractivity (Wildman–Crippen MR) is 77.8 cm³/mol. The lowest BCUT2D eigenvalue weighted by Gasteiger charge is -2.07. The third kappa shape index (κ3) is 2.19. The topological polar surface area (TPSA) is 101 Å². The van der Waals surface area contributed by atoms with Crippen LogP contribution in [0.5, 0.6) is 0 Å². The second-order valence-electron chi connectivity index (χ2n) is 4.28. The summed E-state index contributed by atoms with van der Waals surface area (Å²) in [6.45, 7) is 0. The number of nitrogens with zero attached hydrogens (tertiary/aromatic N) is 1. The Morgan fingerprint density at radius 2 is 2.05 bits per heavy atom. The monoisotopic (exact) mass is 288 g/mol. The number of fused-ring (bicyclic) bond motifs is 1. The van der Waals surface area contributed by atoms with E-state index in [-0.39, 0.29) is 4.90 Å². The van der Waals surface area contributed by atoms with Crippen LogP contribution >= 0.6 is 0 Å². The zero-order valence-electron chi connectivity index (χ0n) is 10.4. The van der Waals surface area contributed by atoms with E-state index in [1.54, 1.807) is 42.6 Å². The lowest BCUT2D eigenvalue weighted by atomic mass is 10.3. The van der Waals surface area contributed by atoms with Gasteiger partial charge in [-0.25, -0.2) is 13.4 Å². The molecule has 0 amide bonds. The number of nitrogens with two attached hydrogens (primary N) is 1. The van der Waals surface area contributed by atoms with Gasteiger partial charge in [0.1, 0.15) is 10.5 Å². The molecular weight excluding hydrogens is 276 g/mol. The van der Waals surface area contributed by atoms with Crippen molar-refractivity contribution < 1.29 is 8.42 Å². The van der Waals surface area contributed by atoms with Crippen molar-refractivity contribution >= 4 is 32.4 Å². The SMILES string of the molecule is Nc1cccc(NS(=O)(=O)c2c[nH]c3ncccc23)c1. The molecule has 0 unspecified atom stereocenters. The van der Waals surface area contributed by atoms with E-state index in [2.05, 4.69) is 14.7 Å². The van der Waals surface area contributed by atoms with Crippen LogP contribution < -0.4 is 10.5 Å². The van der Waals surface area contributed by atoms with Gasteiger partial charge in [-0.1, -0.05) is 6.07 Å². The number of anilines is 2. The minimum Gasteiger partial charge on any atom is -0.399 e. The first-order valence-electron chi connectivity index (χ1n) is 5.87. The summed E-state index contributed by atoms with van der Waals surface area (Å²) in [6.07, 6.45) is 3.02. The van der Waals surface area contributed by atoms with Gasteiger partial charge in [-0.3, -0.25) is 4.72 Å². The van der Waals surface area contributed by atoms with Crippen molar-refractivity contribution in [3.05, 3.63) is 48.8 Å². The van der Waals surface area contributed by atoms with Gasteiger partial charge in [-0.05, 0) is 30.3 Å². The lowest BCUT2D eigenvalue weighted by Crippen LogP contribution is -2.12. The predicted octanol–water partition coefficient (Wildman–Crippen LogP) is 1.95. The zero-order chi connectivity index (χ0) is 14.2. The molecule has 0 bridgehead atoms. The van der Waals surface area contributed by atoms with Gasteiger partial charge in [0.2, 0.25) is 0 Å². The molecule has 0 spiro atoms. The molecule has 0 aliphatic rings. The number of aromatic amines is 1. The third-order valence-electron chi connectivity index (χ3n) is 2.84. The summed E-state index contributed by atoms with van der Waals surface area (Å²) >= 11 is 0. The number of aromatic nitrogens is 2. The number of nitrogens with one attached hydrogen (secondary N) is 2. The van der Waals surface area contributed by atoms with Crippen LogP contribution in [0.2, 0.25) is 0 Å². The van der Waals surface area contributed by atoms with Crippen molar-refractivity contribution in [2.45, 2.75) is 4.90 Å². The fourth-order valence-electron chi connectivity index (χ4n) is 1.97. The quantitative estimate of drug-likeness (QED) is 0.641. The summed E-state index contributed by atoms with van der Waals surface area (Å²) in [7, 11) is -3.69. The van der Waals surface area contributed by atoms with Crippen molar-refractivity contribution in [2.75, 3.05) is 10.5 Å². The Labute approximate surface area is 115 Å². The van der Waals surface area contributed by atoms with Crippen molar-refractivity contribution in [1.29, 1.82) is 0 Å². The highest BCUT2D eigenvalue weighted by Gasteiger charge is 2.19. The smallest absolute Gasteiger partial charge is 0.264 e. The number of sulfonamides is 1. The van der Waals surface area contributed by atoms with Gasteiger partial charge in [-0.2, -0.15) is 0 Å². The number of hydrogen-bond acceptors (Lipinski definition) is 4. The molecule has 7 heteroatoms. The van der Waals surface area contributed by atoms with Crippen molar-refractivity contribution in [3.8, 4) is 0 Å². The second-order valence-corrected chi connectivity index (χ2v) is 5.93. The van der Waals surface area contributed by atoms with Gasteiger partial charge in [-0.15, -0.1) is 0 Å². The molecule has 3 aromatic rings. The van der Waals surface area contributed by atoms with Crippen molar-refractivity contribution in [3.63, 3.8) is 0 Å². The molecule has 1 aromatic carbocycles. The third-order valence-corrected chi connectivity index (χ3v) is 4.26. The molecule has 4 N–H and O–H groups in total. The number of rotatable bonds is 3. The van der Waals surface area contributed by atoms with E-state index in [1.807, 2.05) is 0 Å². The molecule has 2 heterocycles. The van der Waals surface area contributed by atoms with Gasteiger partial charge >= 0.3 is 0 Å². The summed E-state index contributed by atoms with van der Waals surface area (Å²) in [5.74, 6) is 0. The highest BCUT2D eigenvalue weighted by atomic mass is 32.2. The zero-order valence-corrected chi connectivity index (χ0v) is 11.2. The van der Waals surface area contributed by atoms with E-state index in [9.17, 15) is 8.42 Å². The first-order valence-corrected chi connectivity index (χ1v) is 7.35. The van der Waals surface area contributed by atoms with E-state index >= 15 is 0 Å². The van der Waals surface area contributed by atoms with Crippen molar-refractivity contribution in [1.82, 2.24) is 9.97 Å². The maximum absolute atomic E-state index is 12.4. The Balaban J connectivity index is 2.04. The molecule has 20 heavy (non-hydrogen) atoms. The maximum Gasteiger partial charge on any atom is 0.264 e. The first-order chi connectivity index (χ1) is 9.56. The van der Waals surface area contributed by atoms with Crippen LogP contribution in [0.3, 0.4) is 0 Å². The molecule has 102 valence electrons. The molecule has 0 saturated carbocycles. The number of H-pyrrole nitrogens is 1. The number of benzene rings is 1. The lowest BCUT2D eigenvalue weighted by molar-refractivity contribution is 0.602. The summed E-state index contributed by atoms with van der Waals surface area (Å²) < 4.78 is 27.3. The number of pyridine rings is 1. The van der Waals surface area contributed by atoms with Gasteiger partial charge in [0.25, 0.3) is 10.0 Å². The summed E-state index contributed by atoms with van der Waals surface area (Å²) in [4.78, 5) is 7.06. The molecular formula is C13H12N4O2S. The van der Waals surface area contributed by atoms with Crippen LogP contribution in [-0.2, 0) is 10.0 Å². The molecule has 0 aliphatic carbocycles. The summed E-state index contributed by atoms with van der Waals surface area (Å²) in [5.41, 5.74) is 7.08. The molecule has 0 atom stereocenters. The van der Waals surface area contributed by atoms with Gasteiger partial charge in [0, 0.05) is 23.5 Å². The van der Waals surface area contributed by atoms with E-state index in [0.717, 1.165) is 0 Å². The van der Waals surface area contributed by atoms with Crippen LogP contribution in [-0.4, -0.2) is 18.4 Å². The molecule has 0 aliphatic heterocycles. The minimum atomic E-state index is -3.69. The van der Waals surface area contributed by atoms with E-state index in [1.165, 1.54) is 6.20 Å². The first kappa shape index (κ1) is 12.5. The van der Waals surface area contributed by atoms with E-state index in [4.69, 9.17) is 5.73 Å². The van der Waals surface area contributed by atoms with Gasteiger partial charge < -0.3 is 10.7 Å². The number of hydrogen-bond donors (Lipinski definition) is 3. The van der Waals surface area contributed by atoms with Gasteiger partial charge in [0.05, 0.1) is 5.69 Å². The highest BCUT2D eigenvalue weighted by molar-refractivity contribution is 7.93. The van der Waals surface area contributed by atoms with E-state index in [0.29, 0.717) is 22.4 Å². The Hall–Kier alpha value is -2.54. The minimum absolute atomic E-state index is 0.156. The standard InChI is InChI=1S/C13H12N4O2S/c14-9-3-1-4-10(7-9)17-20(18,19)12-8-16-13-11(12)5-2-6-15-13/h1-8,17H,14H2,(H,15,16). The van der Waals surface area contributed by atoms with Crippen LogP contribution in [0.25, 0.3) is 11.0 Å². The Morgan fingerprint density at radius 3 is 2.85 bits per heavy atom. The molecule has 0 fully saturated rings. The maximum atomic E-state index is 12.4. The van der Waals surface area contributed by atoms with Crippen LogP contribution in [0, 0.1) is 0 Å². The van der Waals surface area contributed by atoms with Crippen molar-refractivity contribution in [2.24, 2.45) is 0 Å². The molecule has 6 nitrogen and oxygen atoms in total. The van der Waals surface area contributed by atoms with Crippen LogP contribution in [0.1, 0.15) is 0 Å². The molecule has 3 rings (SSSR count). The molecule has 0 radical (unpaired) electrons. The van der Waals surface area contributed by atoms with Crippen LogP contribution in [0.15, 0.2) is 53.7 Å². The highest BCUT2D eigenvalue weighted by Crippen LogP contribution is 2.23. The summed E-state index contributed by atoms with van der Waals surface area (Å²) in [6, 6.07) is 9.96.